The normalized spacial score (nSPS) is 24.1. The monoisotopic (exact) mass is 530 g/mol. The fourth-order valence-corrected chi connectivity index (χ4v) is 5.60. The van der Waals surface area contributed by atoms with Gasteiger partial charge in [-0.2, -0.15) is 0 Å². The van der Waals surface area contributed by atoms with E-state index in [4.69, 9.17) is 23.7 Å². The van der Waals surface area contributed by atoms with Gasteiger partial charge in [-0.25, -0.2) is 9.59 Å². The van der Waals surface area contributed by atoms with Crippen LogP contribution < -0.4 is 0 Å². The third-order valence-corrected chi connectivity index (χ3v) is 6.89. The molecule has 0 atom stereocenters. The van der Waals surface area contributed by atoms with Crippen LogP contribution in [0, 0.1) is 0 Å². The standard InChI is InChI=1S/C26H46N2O9/c1-23(2)13-19(14-24(3,4)27(23)31)36-21(29)17-34-11-9-33-10-12-35-18-22(30)37-20-15-25(5,6)28(32)26(7,8)16-20/h19-20H,9-18H2,1-8H3. The van der Waals surface area contributed by atoms with Gasteiger partial charge in [0.15, 0.2) is 0 Å². The topological polar surface area (TPSA) is 127 Å². The Hall–Kier alpha value is -1.34. The molecular formula is C26H46N2O9. The minimum atomic E-state index is -0.608. The summed E-state index contributed by atoms with van der Waals surface area (Å²) in [5.41, 5.74) is -2.43. The van der Waals surface area contributed by atoms with Gasteiger partial charge in [-0.1, -0.05) is 0 Å². The SMILES string of the molecule is CC1(C)CC(OC(=O)COCCOCCOCC(=O)OC2CC(C)(C)N([O])C(C)(C)C2)CC(C)(C)N1[O]. The van der Waals surface area contributed by atoms with Crippen LogP contribution in [0.3, 0.4) is 0 Å². The molecule has 0 aliphatic carbocycles. The van der Waals surface area contributed by atoms with E-state index in [0.717, 1.165) is 10.1 Å². The van der Waals surface area contributed by atoms with E-state index >= 15 is 0 Å². The molecule has 0 amide bonds. The molecule has 0 spiro atoms. The second-order valence-corrected chi connectivity index (χ2v) is 12.6. The number of piperidine rings is 2. The fourth-order valence-electron chi connectivity index (χ4n) is 5.60. The van der Waals surface area contributed by atoms with Gasteiger partial charge in [0, 0.05) is 47.8 Å². The van der Waals surface area contributed by atoms with E-state index < -0.39 is 34.1 Å². The van der Waals surface area contributed by atoms with Crippen LogP contribution in [0.15, 0.2) is 0 Å². The minimum absolute atomic E-state index is 0.191. The Bertz CT molecular complexity index is 671. The first kappa shape index (κ1) is 31.9. The number of hydroxylamine groups is 4. The second-order valence-electron chi connectivity index (χ2n) is 12.6. The molecule has 0 saturated carbocycles. The smallest absolute Gasteiger partial charge is 0.332 e. The van der Waals surface area contributed by atoms with Gasteiger partial charge in [0.05, 0.1) is 26.4 Å². The molecule has 11 nitrogen and oxygen atoms in total. The van der Waals surface area contributed by atoms with E-state index in [-0.39, 0.29) is 51.8 Å². The zero-order valence-corrected chi connectivity index (χ0v) is 23.8. The summed E-state index contributed by atoms with van der Waals surface area (Å²) in [5, 5.41) is 27.0. The minimum Gasteiger partial charge on any atom is -0.461 e. The molecule has 0 unspecified atom stereocenters. The Morgan fingerprint density at radius 1 is 0.568 bits per heavy atom. The summed E-state index contributed by atoms with van der Waals surface area (Å²) in [6, 6.07) is 0. The summed E-state index contributed by atoms with van der Waals surface area (Å²) in [6.07, 6.45) is 1.22. The Morgan fingerprint density at radius 2 is 0.838 bits per heavy atom. The predicted molar refractivity (Wildman–Crippen MR) is 132 cm³/mol. The van der Waals surface area contributed by atoms with Gasteiger partial charge in [-0.3, -0.25) is 0 Å². The molecule has 0 N–H and O–H groups in total. The van der Waals surface area contributed by atoms with E-state index in [9.17, 15) is 20.0 Å². The molecule has 0 aromatic heterocycles. The zero-order valence-electron chi connectivity index (χ0n) is 23.8. The Kier molecular flexibility index (Phi) is 10.9. The molecule has 0 aromatic rings. The lowest BCUT2D eigenvalue weighted by atomic mass is 9.80. The summed E-state index contributed by atoms with van der Waals surface area (Å²) >= 11 is 0. The van der Waals surface area contributed by atoms with Gasteiger partial charge in [0.1, 0.15) is 25.4 Å². The molecule has 0 bridgehead atoms. The van der Waals surface area contributed by atoms with Crippen molar-refractivity contribution in [2.75, 3.05) is 39.6 Å². The number of hydrogen-bond donors (Lipinski definition) is 0. The van der Waals surface area contributed by atoms with E-state index in [0.29, 0.717) is 25.7 Å². The Morgan fingerprint density at radius 3 is 1.14 bits per heavy atom. The number of hydrogen-bond acceptors (Lipinski definition) is 9. The van der Waals surface area contributed by atoms with E-state index in [1.807, 2.05) is 55.4 Å². The van der Waals surface area contributed by atoms with Gasteiger partial charge >= 0.3 is 11.9 Å². The molecule has 214 valence electrons. The number of ether oxygens (including phenoxy) is 5. The molecule has 2 saturated heterocycles. The number of nitrogens with zero attached hydrogens (tertiary/aromatic N) is 2. The van der Waals surface area contributed by atoms with Crippen molar-refractivity contribution in [1.82, 2.24) is 10.1 Å². The van der Waals surface area contributed by atoms with Crippen LogP contribution in [-0.2, 0) is 43.7 Å². The van der Waals surface area contributed by atoms with Crippen LogP contribution in [0.4, 0.5) is 0 Å². The van der Waals surface area contributed by atoms with Crippen LogP contribution in [0.5, 0.6) is 0 Å². The van der Waals surface area contributed by atoms with Crippen LogP contribution in [0.1, 0.15) is 81.1 Å². The molecule has 2 aliphatic rings. The van der Waals surface area contributed by atoms with Crippen LogP contribution in [0.25, 0.3) is 0 Å². The molecule has 11 heteroatoms. The largest absolute Gasteiger partial charge is 0.461 e. The summed E-state index contributed by atoms with van der Waals surface area (Å²) in [4.78, 5) is 24.2. The van der Waals surface area contributed by atoms with Gasteiger partial charge < -0.3 is 23.7 Å². The maximum Gasteiger partial charge on any atom is 0.332 e. The third kappa shape index (κ3) is 9.42. The van der Waals surface area contributed by atoms with Crippen molar-refractivity contribution in [3.63, 3.8) is 0 Å². The molecule has 2 radical (unpaired) electrons. The van der Waals surface area contributed by atoms with E-state index in [1.54, 1.807) is 0 Å². The van der Waals surface area contributed by atoms with Crippen molar-refractivity contribution in [2.45, 2.75) is 115 Å². The molecule has 2 rings (SSSR count). The molecule has 2 fully saturated rings. The van der Waals surface area contributed by atoms with Gasteiger partial charge in [0.2, 0.25) is 0 Å². The molecular weight excluding hydrogens is 484 g/mol. The molecule has 2 heterocycles. The lowest BCUT2D eigenvalue weighted by molar-refractivity contribution is -0.299. The van der Waals surface area contributed by atoms with Gasteiger partial charge in [-0.05, 0) is 55.4 Å². The van der Waals surface area contributed by atoms with Crippen molar-refractivity contribution in [2.24, 2.45) is 0 Å². The summed E-state index contributed by atoms with van der Waals surface area (Å²) in [7, 11) is 0. The number of esters is 2. The summed E-state index contributed by atoms with van der Waals surface area (Å²) in [5.74, 6) is -0.934. The first-order valence-electron chi connectivity index (χ1n) is 13.0. The molecule has 2 aliphatic heterocycles. The first-order valence-corrected chi connectivity index (χ1v) is 13.0. The van der Waals surface area contributed by atoms with Crippen molar-refractivity contribution in [3.8, 4) is 0 Å². The lowest BCUT2D eigenvalue weighted by Gasteiger charge is -2.49. The average molecular weight is 531 g/mol. The second kappa shape index (κ2) is 12.7. The van der Waals surface area contributed by atoms with Crippen molar-refractivity contribution < 1.29 is 43.7 Å². The van der Waals surface area contributed by atoms with Crippen LogP contribution in [0.2, 0.25) is 0 Å². The highest BCUT2D eigenvalue weighted by atomic mass is 16.6. The summed E-state index contributed by atoms with van der Waals surface area (Å²) < 4.78 is 27.1. The zero-order chi connectivity index (χ0) is 28.1. The fraction of sp³-hybridized carbons (Fsp3) is 0.923. The van der Waals surface area contributed by atoms with E-state index in [2.05, 4.69) is 0 Å². The van der Waals surface area contributed by atoms with Gasteiger partial charge in [0.25, 0.3) is 0 Å². The predicted octanol–water partition coefficient (Wildman–Crippen LogP) is 2.86. The Labute approximate surface area is 221 Å². The van der Waals surface area contributed by atoms with Crippen LogP contribution in [-0.4, -0.2) is 96.1 Å². The van der Waals surface area contributed by atoms with E-state index in [1.165, 1.54) is 0 Å². The van der Waals surface area contributed by atoms with Gasteiger partial charge in [-0.15, -0.1) is 20.5 Å². The highest BCUT2D eigenvalue weighted by molar-refractivity contribution is 5.71. The molecule has 37 heavy (non-hydrogen) atoms. The maximum absolute atomic E-state index is 12.4. The van der Waals surface area contributed by atoms with Crippen molar-refractivity contribution in [1.29, 1.82) is 0 Å². The number of rotatable bonds is 12. The third-order valence-electron chi connectivity index (χ3n) is 6.89. The van der Waals surface area contributed by atoms with Crippen LogP contribution >= 0.6 is 0 Å². The highest BCUT2D eigenvalue weighted by Crippen LogP contribution is 2.39. The van der Waals surface area contributed by atoms with Crippen molar-refractivity contribution >= 4 is 11.9 Å². The molecule has 0 aromatic carbocycles. The number of carbonyl (C=O) groups is 2. The number of carbonyl (C=O) groups excluding carboxylic acids is 2. The van der Waals surface area contributed by atoms with Crippen molar-refractivity contribution in [3.05, 3.63) is 0 Å². The highest BCUT2D eigenvalue weighted by Gasteiger charge is 2.48. The summed E-state index contributed by atoms with van der Waals surface area (Å²) in [6.45, 7) is 15.3. The maximum atomic E-state index is 12.4. The lowest BCUT2D eigenvalue weighted by Crippen LogP contribution is -2.60. The average Bonchev–Trinajstić information content (AvgIpc) is 2.73. The first-order chi connectivity index (χ1) is 17.0. The quantitative estimate of drug-likeness (QED) is 0.276. The Balaban J connectivity index is 1.51.